The number of thioether (sulfide) groups is 1. The van der Waals surface area contributed by atoms with E-state index < -0.39 is 5.25 Å². The number of hydrogen-bond donors (Lipinski definition) is 2. The van der Waals surface area contributed by atoms with Gasteiger partial charge in [-0.2, -0.15) is 0 Å². The molecule has 0 radical (unpaired) electrons. The molecule has 2 atom stereocenters. The van der Waals surface area contributed by atoms with Gasteiger partial charge in [-0.05, 0) is 62.0 Å². The van der Waals surface area contributed by atoms with Crippen LogP contribution in [0.3, 0.4) is 0 Å². The number of rotatable bonds is 12. The molecule has 0 bridgehead atoms. The lowest BCUT2D eigenvalue weighted by atomic mass is 9.92. The van der Waals surface area contributed by atoms with Gasteiger partial charge in [0.15, 0.2) is 0 Å². The number of carbonyl (C=O) groups excluding carboxylic acids is 2. The van der Waals surface area contributed by atoms with Gasteiger partial charge in [0.2, 0.25) is 5.91 Å². The van der Waals surface area contributed by atoms with Gasteiger partial charge in [-0.25, -0.2) is 9.18 Å². The normalized spacial score (nSPS) is 17.9. The minimum atomic E-state index is -0.600. The van der Waals surface area contributed by atoms with Crippen LogP contribution in [0.5, 0.6) is 0 Å². The second-order valence-electron chi connectivity index (χ2n) is 14.0. The van der Waals surface area contributed by atoms with E-state index in [9.17, 15) is 18.8 Å². The van der Waals surface area contributed by atoms with Gasteiger partial charge in [-0.15, -0.1) is 11.8 Å². The van der Waals surface area contributed by atoms with Crippen LogP contribution in [0, 0.1) is 11.2 Å². The number of anilines is 1. The van der Waals surface area contributed by atoms with E-state index in [0.717, 1.165) is 61.4 Å². The Labute approximate surface area is 281 Å². The summed E-state index contributed by atoms with van der Waals surface area (Å²) >= 11 is 1.39. The van der Waals surface area contributed by atoms with Crippen molar-refractivity contribution in [1.29, 1.82) is 0 Å². The van der Waals surface area contributed by atoms with Gasteiger partial charge < -0.3 is 29.8 Å². The number of nitrogens with zero attached hydrogens (tertiary/aromatic N) is 4. The number of benzene rings is 2. The number of likely N-dealkylation sites (tertiary alicyclic amines) is 1. The zero-order chi connectivity index (χ0) is 33.6. The number of aromatic amines is 1. The molecule has 1 aromatic heterocycles. The van der Waals surface area contributed by atoms with Gasteiger partial charge in [0.1, 0.15) is 12.1 Å². The zero-order valence-electron chi connectivity index (χ0n) is 28.1. The van der Waals surface area contributed by atoms with Crippen LogP contribution in [0.4, 0.5) is 10.1 Å². The standard InChI is InChI=1S/C36H49FN6O3S/c1-36(2,3)14-15-38-34(30-22-27(37)10-11-32(30)41-20-18-40(4)19-21-41)47-29(25-44)23-33(45)42-16-12-28(13-17-42)43-24-31(39-35(43)46)26-8-6-5-7-9-26/h5-11,22,24-25,28-29,34,38H,12-21,23H2,1-4H3,(H,39,46). The molecule has 2 aliphatic rings. The SMILES string of the molecule is CN1CCN(c2ccc(F)cc2C(NCCC(C)(C)C)SC(C=O)CC(=O)N2CCC(n3cc(-c4ccccc4)[nH]c3=O)CC2)CC1. The number of aromatic nitrogens is 2. The number of nitrogens with one attached hydrogen (secondary N) is 2. The number of halogens is 1. The molecule has 3 aromatic rings. The van der Waals surface area contributed by atoms with E-state index in [1.54, 1.807) is 10.6 Å². The highest BCUT2D eigenvalue weighted by atomic mass is 32.2. The number of piperazine rings is 1. The van der Waals surface area contributed by atoms with Gasteiger partial charge in [-0.3, -0.25) is 9.36 Å². The number of H-pyrrole nitrogens is 1. The third kappa shape index (κ3) is 9.36. The molecule has 1 amide bonds. The van der Waals surface area contributed by atoms with E-state index in [-0.39, 0.29) is 40.7 Å². The lowest BCUT2D eigenvalue weighted by Gasteiger charge is -2.37. The number of likely N-dealkylation sites (N-methyl/N-ethyl adjacent to an activating group) is 1. The summed E-state index contributed by atoms with van der Waals surface area (Å²) < 4.78 is 16.5. The molecule has 11 heteroatoms. The fourth-order valence-electron chi connectivity index (χ4n) is 6.32. The van der Waals surface area contributed by atoms with E-state index >= 15 is 0 Å². The largest absolute Gasteiger partial charge is 0.369 e. The third-order valence-corrected chi connectivity index (χ3v) is 10.5. The second kappa shape index (κ2) is 15.7. The Balaban J connectivity index is 1.25. The van der Waals surface area contributed by atoms with Gasteiger partial charge in [0, 0.05) is 69.2 Å². The van der Waals surface area contributed by atoms with Gasteiger partial charge in [-0.1, -0.05) is 51.1 Å². The molecule has 3 heterocycles. The van der Waals surface area contributed by atoms with Crippen LogP contribution in [-0.2, 0) is 9.59 Å². The van der Waals surface area contributed by atoms with Crippen molar-refractivity contribution < 1.29 is 14.0 Å². The number of aldehydes is 1. The Kier molecular flexibility index (Phi) is 11.6. The summed E-state index contributed by atoms with van der Waals surface area (Å²) in [5.41, 5.74) is 3.46. The molecule has 9 nitrogen and oxygen atoms in total. The summed E-state index contributed by atoms with van der Waals surface area (Å²) in [5, 5.41) is 2.64. The van der Waals surface area contributed by atoms with Crippen molar-refractivity contribution in [2.24, 2.45) is 5.41 Å². The van der Waals surface area contributed by atoms with E-state index in [2.05, 4.69) is 47.9 Å². The minimum absolute atomic E-state index is 0.00567. The molecule has 2 unspecified atom stereocenters. The van der Waals surface area contributed by atoms with Crippen LogP contribution >= 0.6 is 11.8 Å². The van der Waals surface area contributed by atoms with Crippen LogP contribution < -0.4 is 15.9 Å². The number of amides is 1. The van der Waals surface area contributed by atoms with E-state index in [4.69, 9.17) is 0 Å². The molecule has 0 spiro atoms. The Bertz CT molecular complexity index is 1540. The summed E-state index contributed by atoms with van der Waals surface area (Å²) in [6.07, 6.45) is 5.01. The van der Waals surface area contributed by atoms with Gasteiger partial charge >= 0.3 is 5.69 Å². The zero-order valence-corrected chi connectivity index (χ0v) is 28.9. The molecule has 2 N–H and O–H groups in total. The smallest absolute Gasteiger partial charge is 0.326 e. The quantitative estimate of drug-likeness (QED) is 0.200. The molecule has 2 aliphatic heterocycles. The summed E-state index contributed by atoms with van der Waals surface area (Å²) in [6.45, 7) is 11.8. The predicted molar refractivity (Wildman–Crippen MR) is 188 cm³/mol. The number of imidazole rings is 1. The van der Waals surface area contributed by atoms with Crippen molar-refractivity contribution in [3.05, 3.63) is 76.6 Å². The number of hydrogen-bond acceptors (Lipinski definition) is 7. The van der Waals surface area contributed by atoms with Crippen LogP contribution in [0.25, 0.3) is 11.3 Å². The Hall–Kier alpha value is -3.41. The first kappa shape index (κ1) is 34.9. The summed E-state index contributed by atoms with van der Waals surface area (Å²) in [5.74, 6) is -0.397. The van der Waals surface area contributed by atoms with Crippen molar-refractivity contribution in [2.75, 3.05) is 57.8 Å². The lowest BCUT2D eigenvalue weighted by Crippen LogP contribution is -2.45. The van der Waals surface area contributed by atoms with Crippen LogP contribution in [0.1, 0.15) is 63.4 Å². The van der Waals surface area contributed by atoms with E-state index in [1.807, 2.05) is 47.5 Å². The maximum absolute atomic E-state index is 14.8. The summed E-state index contributed by atoms with van der Waals surface area (Å²) in [6, 6.07) is 14.7. The molecule has 2 fully saturated rings. The van der Waals surface area contributed by atoms with Crippen LogP contribution in [-0.4, -0.2) is 89.7 Å². The van der Waals surface area contributed by atoms with Gasteiger partial charge in [0.05, 0.1) is 16.3 Å². The molecule has 0 aliphatic carbocycles. The minimum Gasteiger partial charge on any atom is -0.369 e. The Morgan fingerprint density at radius 2 is 1.77 bits per heavy atom. The fraction of sp³-hybridized carbons (Fsp3) is 0.528. The Morgan fingerprint density at radius 3 is 2.43 bits per heavy atom. The molecule has 2 saturated heterocycles. The maximum atomic E-state index is 14.8. The molecule has 2 aromatic carbocycles. The Morgan fingerprint density at radius 1 is 1.06 bits per heavy atom. The molecular weight excluding hydrogens is 616 g/mol. The van der Waals surface area contributed by atoms with Crippen molar-refractivity contribution in [1.82, 2.24) is 24.7 Å². The molecule has 47 heavy (non-hydrogen) atoms. The molecule has 5 rings (SSSR count). The highest BCUT2D eigenvalue weighted by molar-refractivity contribution is 8.00. The highest BCUT2D eigenvalue weighted by Gasteiger charge is 2.30. The highest BCUT2D eigenvalue weighted by Crippen LogP contribution is 2.38. The van der Waals surface area contributed by atoms with Crippen LogP contribution in [0.2, 0.25) is 0 Å². The second-order valence-corrected chi connectivity index (χ2v) is 15.4. The monoisotopic (exact) mass is 664 g/mol. The first-order valence-corrected chi connectivity index (χ1v) is 17.7. The maximum Gasteiger partial charge on any atom is 0.326 e. The first-order chi connectivity index (χ1) is 22.5. The first-order valence-electron chi connectivity index (χ1n) is 16.7. The van der Waals surface area contributed by atoms with Crippen molar-refractivity contribution >= 4 is 29.6 Å². The average molecular weight is 665 g/mol. The van der Waals surface area contributed by atoms with Crippen molar-refractivity contribution in [3.8, 4) is 11.3 Å². The molecular formula is C36H49FN6O3S. The summed E-state index contributed by atoms with van der Waals surface area (Å²) in [4.78, 5) is 48.1. The predicted octanol–water partition coefficient (Wildman–Crippen LogP) is 5.31. The third-order valence-electron chi connectivity index (χ3n) is 9.20. The topological polar surface area (TPSA) is 93.7 Å². The average Bonchev–Trinajstić information content (AvgIpc) is 3.45. The molecule has 254 valence electrons. The van der Waals surface area contributed by atoms with E-state index in [1.165, 1.54) is 17.8 Å². The number of carbonyl (C=O) groups is 2. The van der Waals surface area contributed by atoms with E-state index in [0.29, 0.717) is 32.5 Å². The van der Waals surface area contributed by atoms with Gasteiger partial charge in [0.25, 0.3) is 0 Å². The lowest BCUT2D eigenvalue weighted by molar-refractivity contribution is -0.133. The van der Waals surface area contributed by atoms with Crippen molar-refractivity contribution in [2.45, 2.75) is 63.1 Å². The fourth-order valence-corrected chi connectivity index (χ4v) is 7.53. The molecule has 0 saturated carbocycles. The number of piperidine rings is 1. The van der Waals surface area contributed by atoms with Crippen LogP contribution in [0.15, 0.2) is 59.5 Å². The van der Waals surface area contributed by atoms with Crippen molar-refractivity contribution in [3.63, 3.8) is 0 Å². The summed E-state index contributed by atoms with van der Waals surface area (Å²) in [7, 11) is 2.10.